The summed E-state index contributed by atoms with van der Waals surface area (Å²) in [5.74, 6) is 0.256. The highest BCUT2D eigenvalue weighted by Crippen LogP contribution is 2.09. The molecular weight excluding hydrogens is 150 g/mol. The number of ketones is 1. The van der Waals surface area contributed by atoms with Gasteiger partial charge in [0.2, 0.25) is 0 Å². The van der Waals surface area contributed by atoms with E-state index in [0.29, 0.717) is 6.42 Å². The quantitative estimate of drug-likeness (QED) is 0.728. The molecule has 0 bridgehead atoms. The van der Waals surface area contributed by atoms with Gasteiger partial charge in [-0.15, -0.1) is 0 Å². The third-order valence-corrected chi connectivity index (χ3v) is 2.04. The summed E-state index contributed by atoms with van der Waals surface area (Å²) in [7, 11) is 0. The Bertz CT molecular complexity index is 263. The van der Waals surface area contributed by atoms with Crippen molar-refractivity contribution in [3.63, 3.8) is 0 Å². The van der Waals surface area contributed by atoms with E-state index >= 15 is 0 Å². The molecule has 12 heavy (non-hydrogen) atoms. The molecule has 2 heteroatoms. The number of carbonyl (C=O) groups excluding carboxylic acids is 1. The van der Waals surface area contributed by atoms with Gasteiger partial charge in [-0.3, -0.25) is 0 Å². The molecule has 1 rings (SSSR count). The number of Topliss-reactive ketones (excluding diaryl/α,β-unsaturated/α-hetero) is 1. The number of aryl methyl sites for hydroxylation is 2. The fourth-order valence-electron chi connectivity index (χ4n) is 1.30. The van der Waals surface area contributed by atoms with Crippen LogP contribution in [0.2, 0.25) is 0 Å². The Labute approximate surface area is 73.0 Å². The van der Waals surface area contributed by atoms with Crippen molar-refractivity contribution in [3.05, 3.63) is 23.5 Å². The van der Waals surface area contributed by atoms with Gasteiger partial charge in [-0.25, -0.2) is 0 Å². The zero-order chi connectivity index (χ0) is 8.97. The summed E-state index contributed by atoms with van der Waals surface area (Å²) < 4.78 is 0. The van der Waals surface area contributed by atoms with E-state index in [2.05, 4.69) is 18.0 Å². The Balaban J connectivity index is 2.56. The molecular formula is C10H15NO. The number of hydrogen-bond donors (Lipinski definition) is 1. The van der Waals surface area contributed by atoms with Crippen LogP contribution in [0.5, 0.6) is 0 Å². The molecule has 0 aliphatic heterocycles. The van der Waals surface area contributed by atoms with Crippen molar-refractivity contribution in [2.24, 2.45) is 0 Å². The zero-order valence-electron chi connectivity index (χ0n) is 7.68. The Morgan fingerprint density at radius 3 is 2.92 bits per heavy atom. The Morgan fingerprint density at radius 2 is 2.33 bits per heavy atom. The van der Waals surface area contributed by atoms with Gasteiger partial charge in [0.15, 0.2) is 0 Å². The smallest absolute Gasteiger partial charge is 0.130 e. The first-order chi connectivity index (χ1) is 5.74. The van der Waals surface area contributed by atoms with Crippen molar-refractivity contribution < 1.29 is 4.79 Å². The third kappa shape index (κ3) is 2.22. The summed E-state index contributed by atoms with van der Waals surface area (Å²) in [6.07, 6.45) is 4.48. The molecule has 1 aromatic rings. The largest absolute Gasteiger partial charge is 0.365 e. The minimum atomic E-state index is 0.256. The van der Waals surface area contributed by atoms with Crippen LogP contribution in [0.25, 0.3) is 0 Å². The normalized spacial score (nSPS) is 10.2. The maximum atomic E-state index is 10.7. The summed E-state index contributed by atoms with van der Waals surface area (Å²) in [5.41, 5.74) is 2.55. The number of nitrogens with one attached hydrogen (secondary N) is 1. The average Bonchev–Trinajstić information content (AvgIpc) is 2.47. The van der Waals surface area contributed by atoms with E-state index in [4.69, 9.17) is 0 Å². The standard InChI is InChI=1S/C10H15NO/c1-3-9-6-7-11-10(9)5-4-8(2)12/h6-7,11H,3-5H2,1-2H3. The number of hydrogen-bond acceptors (Lipinski definition) is 1. The number of carbonyl (C=O) groups is 1. The molecule has 0 fully saturated rings. The number of H-pyrrole nitrogens is 1. The van der Waals surface area contributed by atoms with E-state index in [1.54, 1.807) is 6.92 Å². The number of aromatic nitrogens is 1. The molecule has 0 atom stereocenters. The highest BCUT2D eigenvalue weighted by atomic mass is 16.1. The van der Waals surface area contributed by atoms with Gasteiger partial charge >= 0.3 is 0 Å². The summed E-state index contributed by atoms with van der Waals surface area (Å²) in [6, 6.07) is 2.08. The topological polar surface area (TPSA) is 32.9 Å². The van der Waals surface area contributed by atoms with Crippen LogP contribution in [-0.2, 0) is 17.6 Å². The van der Waals surface area contributed by atoms with Crippen LogP contribution in [0, 0.1) is 0 Å². The van der Waals surface area contributed by atoms with Crippen LogP contribution in [0.4, 0.5) is 0 Å². The molecule has 0 radical (unpaired) electrons. The van der Waals surface area contributed by atoms with E-state index in [9.17, 15) is 4.79 Å². The van der Waals surface area contributed by atoms with Gasteiger partial charge in [0, 0.05) is 18.3 Å². The average molecular weight is 165 g/mol. The molecule has 1 heterocycles. The lowest BCUT2D eigenvalue weighted by Crippen LogP contribution is -1.96. The van der Waals surface area contributed by atoms with Crippen molar-refractivity contribution >= 4 is 5.78 Å². The van der Waals surface area contributed by atoms with Gasteiger partial charge in [-0.05, 0) is 31.4 Å². The first-order valence-corrected chi connectivity index (χ1v) is 4.38. The van der Waals surface area contributed by atoms with Crippen molar-refractivity contribution in [2.45, 2.75) is 33.1 Å². The van der Waals surface area contributed by atoms with E-state index in [-0.39, 0.29) is 5.78 Å². The Hall–Kier alpha value is -1.05. The van der Waals surface area contributed by atoms with Gasteiger partial charge in [0.25, 0.3) is 0 Å². The third-order valence-electron chi connectivity index (χ3n) is 2.04. The highest BCUT2D eigenvalue weighted by Gasteiger charge is 2.02. The maximum absolute atomic E-state index is 10.7. The van der Waals surface area contributed by atoms with Gasteiger partial charge < -0.3 is 9.78 Å². The molecule has 1 N–H and O–H groups in total. The predicted molar refractivity (Wildman–Crippen MR) is 49.2 cm³/mol. The second-order valence-electron chi connectivity index (χ2n) is 3.04. The second-order valence-corrected chi connectivity index (χ2v) is 3.04. The molecule has 1 aromatic heterocycles. The van der Waals surface area contributed by atoms with Crippen LogP contribution < -0.4 is 0 Å². The van der Waals surface area contributed by atoms with Crippen LogP contribution in [0.15, 0.2) is 12.3 Å². The van der Waals surface area contributed by atoms with Gasteiger partial charge in [-0.1, -0.05) is 6.92 Å². The number of aromatic amines is 1. The van der Waals surface area contributed by atoms with Gasteiger partial charge in [0.1, 0.15) is 5.78 Å². The summed E-state index contributed by atoms with van der Waals surface area (Å²) in [5, 5.41) is 0. The van der Waals surface area contributed by atoms with E-state index in [1.165, 1.54) is 11.3 Å². The molecule has 0 aliphatic rings. The second kappa shape index (κ2) is 4.10. The van der Waals surface area contributed by atoms with Gasteiger partial charge in [0.05, 0.1) is 0 Å². The maximum Gasteiger partial charge on any atom is 0.130 e. The lowest BCUT2D eigenvalue weighted by molar-refractivity contribution is -0.116. The highest BCUT2D eigenvalue weighted by molar-refractivity contribution is 5.75. The lowest BCUT2D eigenvalue weighted by atomic mass is 10.1. The minimum Gasteiger partial charge on any atom is -0.365 e. The fourth-order valence-corrected chi connectivity index (χ4v) is 1.30. The lowest BCUT2D eigenvalue weighted by Gasteiger charge is -1.98. The molecule has 66 valence electrons. The van der Waals surface area contributed by atoms with Crippen LogP contribution in [0.1, 0.15) is 31.5 Å². The SMILES string of the molecule is CCc1cc[nH]c1CCC(C)=O. The fraction of sp³-hybridized carbons (Fsp3) is 0.500. The van der Waals surface area contributed by atoms with Crippen LogP contribution in [0.3, 0.4) is 0 Å². The monoisotopic (exact) mass is 165 g/mol. The molecule has 2 nitrogen and oxygen atoms in total. The van der Waals surface area contributed by atoms with Crippen molar-refractivity contribution in [1.29, 1.82) is 0 Å². The van der Waals surface area contributed by atoms with Crippen molar-refractivity contribution in [3.8, 4) is 0 Å². The van der Waals surface area contributed by atoms with Crippen LogP contribution >= 0.6 is 0 Å². The molecule has 0 spiro atoms. The molecule has 0 aliphatic carbocycles. The number of rotatable bonds is 4. The summed E-state index contributed by atoms with van der Waals surface area (Å²) in [6.45, 7) is 3.76. The minimum absolute atomic E-state index is 0.256. The van der Waals surface area contributed by atoms with Crippen molar-refractivity contribution in [2.75, 3.05) is 0 Å². The Morgan fingerprint density at radius 1 is 1.58 bits per heavy atom. The summed E-state index contributed by atoms with van der Waals surface area (Å²) >= 11 is 0. The van der Waals surface area contributed by atoms with Crippen molar-refractivity contribution in [1.82, 2.24) is 4.98 Å². The van der Waals surface area contributed by atoms with Crippen LogP contribution in [-0.4, -0.2) is 10.8 Å². The molecule has 0 saturated heterocycles. The first kappa shape index (κ1) is 9.04. The molecule has 0 aromatic carbocycles. The van der Waals surface area contributed by atoms with E-state index < -0.39 is 0 Å². The molecule has 0 unspecified atom stereocenters. The summed E-state index contributed by atoms with van der Waals surface area (Å²) in [4.78, 5) is 13.9. The Kier molecular flexibility index (Phi) is 3.09. The predicted octanol–water partition coefficient (Wildman–Crippen LogP) is 2.10. The van der Waals surface area contributed by atoms with Gasteiger partial charge in [-0.2, -0.15) is 0 Å². The molecule has 0 amide bonds. The molecule has 0 saturated carbocycles. The first-order valence-electron chi connectivity index (χ1n) is 4.38. The van der Waals surface area contributed by atoms with E-state index in [1.807, 2.05) is 6.20 Å². The zero-order valence-corrected chi connectivity index (χ0v) is 7.68. The van der Waals surface area contributed by atoms with E-state index in [0.717, 1.165) is 12.8 Å².